The summed E-state index contributed by atoms with van der Waals surface area (Å²) in [7, 11) is 1.34. The number of ether oxygens (including phenoxy) is 1. The molecule has 0 unspecified atom stereocenters. The molecule has 132 valence electrons. The number of hydrogen-bond acceptors (Lipinski definition) is 4. The van der Waals surface area contributed by atoms with E-state index in [4.69, 9.17) is 0 Å². The van der Waals surface area contributed by atoms with Crippen LogP contribution in [0.2, 0.25) is 0 Å². The van der Waals surface area contributed by atoms with Gasteiger partial charge in [0.25, 0.3) is 0 Å². The Labute approximate surface area is 146 Å². The number of carbonyl (C=O) groups is 2. The molecule has 7 nitrogen and oxygen atoms in total. The summed E-state index contributed by atoms with van der Waals surface area (Å²) in [4.78, 5) is 26.0. The van der Waals surface area contributed by atoms with Crippen LogP contribution < -0.4 is 5.32 Å². The zero-order chi connectivity index (χ0) is 17.8. The molecule has 1 aliphatic heterocycles. The molecule has 2 amide bonds. The van der Waals surface area contributed by atoms with Gasteiger partial charge in [0, 0.05) is 25.0 Å². The number of urea groups is 1. The zero-order valence-electron chi connectivity index (χ0n) is 14.4. The van der Waals surface area contributed by atoms with Gasteiger partial charge in [-0.05, 0) is 50.1 Å². The van der Waals surface area contributed by atoms with E-state index in [1.807, 2.05) is 22.6 Å². The van der Waals surface area contributed by atoms with Gasteiger partial charge in [-0.2, -0.15) is 5.10 Å². The molecule has 2 aromatic rings. The fraction of sp³-hybridized carbons (Fsp3) is 0.389. The number of amides is 2. The van der Waals surface area contributed by atoms with Crippen molar-refractivity contribution in [2.75, 3.05) is 19.0 Å². The van der Waals surface area contributed by atoms with Gasteiger partial charge in [0.05, 0.1) is 24.4 Å². The minimum absolute atomic E-state index is 0.0387. The average Bonchev–Trinajstić information content (AvgIpc) is 3.29. The monoisotopic (exact) mass is 342 g/mol. The average molecular weight is 342 g/mol. The molecule has 0 aliphatic carbocycles. The number of rotatable bonds is 4. The molecule has 25 heavy (non-hydrogen) atoms. The predicted molar refractivity (Wildman–Crippen MR) is 93.4 cm³/mol. The van der Waals surface area contributed by atoms with Gasteiger partial charge in [-0.3, -0.25) is 4.68 Å². The second-order valence-corrected chi connectivity index (χ2v) is 5.92. The number of esters is 1. The van der Waals surface area contributed by atoms with Crippen LogP contribution in [0.1, 0.15) is 41.9 Å². The Kier molecular flexibility index (Phi) is 5.02. The first-order chi connectivity index (χ1) is 12.1. The highest BCUT2D eigenvalue weighted by atomic mass is 16.5. The third-order valence-corrected chi connectivity index (χ3v) is 4.46. The molecule has 1 atom stereocenters. The third-order valence-electron chi connectivity index (χ3n) is 4.46. The maximum Gasteiger partial charge on any atom is 0.337 e. The molecule has 3 rings (SSSR count). The summed E-state index contributed by atoms with van der Waals surface area (Å²) >= 11 is 0. The maximum absolute atomic E-state index is 12.7. The Balaban J connectivity index is 1.71. The number of hydrogen-bond donors (Lipinski definition) is 1. The lowest BCUT2D eigenvalue weighted by Crippen LogP contribution is -2.35. The van der Waals surface area contributed by atoms with Gasteiger partial charge in [0.2, 0.25) is 0 Å². The number of nitrogens with one attached hydrogen (secondary N) is 1. The number of benzene rings is 1. The van der Waals surface area contributed by atoms with Crippen molar-refractivity contribution in [2.24, 2.45) is 0 Å². The summed E-state index contributed by atoms with van der Waals surface area (Å²) in [5.74, 6) is -0.398. The predicted octanol–water partition coefficient (Wildman–Crippen LogP) is 3.06. The van der Waals surface area contributed by atoms with Crippen LogP contribution in [0.5, 0.6) is 0 Å². The number of aromatic nitrogens is 2. The van der Waals surface area contributed by atoms with Crippen LogP contribution in [0.3, 0.4) is 0 Å². The minimum Gasteiger partial charge on any atom is -0.465 e. The Bertz CT molecular complexity index is 754. The van der Waals surface area contributed by atoms with Crippen molar-refractivity contribution in [1.29, 1.82) is 0 Å². The van der Waals surface area contributed by atoms with Gasteiger partial charge < -0.3 is 15.0 Å². The molecule has 1 fully saturated rings. The van der Waals surface area contributed by atoms with E-state index < -0.39 is 5.97 Å². The summed E-state index contributed by atoms with van der Waals surface area (Å²) in [5, 5.41) is 7.21. The molecule has 7 heteroatoms. The lowest BCUT2D eigenvalue weighted by Gasteiger charge is -2.25. The van der Waals surface area contributed by atoms with Crippen LogP contribution in [0.4, 0.5) is 10.5 Å². The van der Waals surface area contributed by atoms with Gasteiger partial charge in [-0.25, -0.2) is 9.59 Å². The maximum atomic E-state index is 12.7. The highest BCUT2D eigenvalue weighted by Gasteiger charge is 2.32. The molecule has 1 saturated heterocycles. The van der Waals surface area contributed by atoms with Gasteiger partial charge in [0.1, 0.15) is 0 Å². The highest BCUT2D eigenvalue weighted by molar-refractivity contribution is 5.92. The molecule has 0 spiro atoms. The number of nitrogens with zero attached hydrogens (tertiary/aromatic N) is 3. The summed E-state index contributed by atoms with van der Waals surface area (Å²) in [6.45, 7) is 3.54. The van der Waals surface area contributed by atoms with Crippen LogP contribution in [0, 0.1) is 0 Å². The second-order valence-electron chi connectivity index (χ2n) is 5.92. The summed E-state index contributed by atoms with van der Waals surface area (Å²) in [5.41, 5.74) is 2.16. The Morgan fingerprint density at radius 1 is 1.28 bits per heavy atom. The van der Waals surface area contributed by atoms with Crippen LogP contribution in [0.15, 0.2) is 36.5 Å². The van der Waals surface area contributed by atoms with Crippen molar-refractivity contribution in [3.8, 4) is 0 Å². The van der Waals surface area contributed by atoms with Crippen molar-refractivity contribution in [1.82, 2.24) is 14.7 Å². The number of carbonyl (C=O) groups excluding carboxylic acids is 2. The number of aryl methyl sites for hydroxylation is 1. The van der Waals surface area contributed by atoms with Crippen molar-refractivity contribution in [3.05, 3.63) is 47.8 Å². The molecule has 0 bridgehead atoms. The van der Waals surface area contributed by atoms with E-state index in [0.717, 1.165) is 25.1 Å². The normalized spacial score (nSPS) is 16.7. The highest BCUT2D eigenvalue weighted by Crippen LogP contribution is 2.32. The van der Waals surface area contributed by atoms with E-state index in [2.05, 4.69) is 15.2 Å². The number of anilines is 1. The summed E-state index contributed by atoms with van der Waals surface area (Å²) in [6, 6.07) is 8.54. The topological polar surface area (TPSA) is 76.5 Å². The smallest absolute Gasteiger partial charge is 0.337 e. The van der Waals surface area contributed by atoms with Crippen molar-refractivity contribution >= 4 is 17.7 Å². The lowest BCUT2D eigenvalue weighted by atomic mass is 10.1. The molecular weight excluding hydrogens is 320 g/mol. The molecule has 0 saturated carbocycles. The molecule has 1 aliphatic rings. The van der Waals surface area contributed by atoms with E-state index in [1.54, 1.807) is 30.5 Å². The van der Waals surface area contributed by atoms with E-state index in [9.17, 15) is 9.59 Å². The quantitative estimate of drug-likeness (QED) is 0.867. The van der Waals surface area contributed by atoms with Gasteiger partial charge in [0.15, 0.2) is 0 Å². The first-order valence-corrected chi connectivity index (χ1v) is 8.41. The van der Waals surface area contributed by atoms with E-state index >= 15 is 0 Å². The second kappa shape index (κ2) is 7.38. The minimum atomic E-state index is -0.398. The third kappa shape index (κ3) is 3.50. The molecule has 1 aromatic heterocycles. The number of likely N-dealkylation sites (tertiary alicyclic amines) is 1. The molecule has 1 N–H and O–H groups in total. The van der Waals surface area contributed by atoms with Crippen LogP contribution >= 0.6 is 0 Å². The summed E-state index contributed by atoms with van der Waals surface area (Å²) < 4.78 is 6.60. The number of methoxy groups -OCH3 is 1. The SMILES string of the molecule is CCn1nccc1[C@@H]1CCCN1C(=O)Nc1ccc(C(=O)OC)cc1. The van der Waals surface area contributed by atoms with Gasteiger partial charge in [-0.15, -0.1) is 0 Å². The van der Waals surface area contributed by atoms with Crippen LogP contribution in [-0.2, 0) is 11.3 Å². The lowest BCUT2D eigenvalue weighted by molar-refractivity contribution is 0.0600. The van der Waals surface area contributed by atoms with Crippen molar-refractivity contribution in [3.63, 3.8) is 0 Å². The Morgan fingerprint density at radius 2 is 2.04 bits per heavy atom. The fourth-order valence-electron chi connectivity index (χ4n) is 3.21. The molecular formula is C18H22N4O3. The van der Waals surface area contributed by atoms with Crippen molar-refractivity contribution in [2.45, 2.75) is 32.4 Å². The largest absolute Gasteiger partial charge is 0.465 e. The zero-order valence-corrected chi connectivity index (χ0v) is 14.4. The van der Waals surface area contributed by atoms with E-state index in [0.29, 0.717) is 17.8 Å². The Hall–Kier alpha value is -2.83. The standard InChI is InChI=1S/C18H22N4O3/c1-3-22-16(10-11-19-22)15-5-4-12-21(15)18(24)20-14-8-6-13(7-9-14)17(23)25-2/h6-11,15H,3-5,12H2,1-2H3,(H,20,24)/t15-/m0/s1. The van der Waals surface area contributed by atoms with Crippen LogP contribution in [0.25, 0.3) is 0 Å². The summed E-state index contributed by atoms with van der Waals surface area (Å²) in [6.07, 6.45) is 3.67. The Morgan fingerprint density at radius 3 is 2.72 bits per heavy atom. The van der Waals surface area contributed by atoms with Gasteiger partial charge in [-0.1, -0.05) is 0 Å². The van der Waals surface area contributed by atoms with Gasteiger partial charge >= 0.3 is 12.0 Å². The van der Waals surface area contributed by atoms with Crippen molar-refractivity contribution < 1.29 is 14.3 Å². The molecule has 0 radical (unpaired) electrons. The molecule has 1 aromatic carbocycles. The van der Waals surface area contributed by atoms with E-state index in [-0.39, 0.29) is 12.1 Å². The first-order valence-electron chi connectivity index (χ1n) is 8.41. The van der Waals surface area contributed by atoms with Crippen LogP contribution in [-0.4, -0.2) is 40.3 Å². The van der Waals surface area contributed by atoms with E-state index in [1.165, 1.54) is 7.11 Å². The molecule has 2 heterocycles. The first kappa shape index (κ1) is 17.0. The fourth-order valence-corrected chi connectivity index (χ4v) is 3.21.